The van der Waals surface area contributed by atoms with E-state index < -0.39 is 0 Å². The summed E-state index contributed by atoms with van der Waals surface area (Å²) in [5.74, 6) is 0.760. The van der Waals surface area contributed by atoms with Gasteiger partial charge in [0.2, 0.25) is 11.7 Å². The molecule has 4 rings (SSSR count). The molecule has 1 amide bonds. The van der Waals surface area contributed by atoms with Crippen molar-refractivity contribution in [1.82, 2.24) is 20.0 Å². The Labute approximate surface area is 150 Å². The van der Waals surface area contributed by atoms with Crippen molar-refractivity contribution in [3.8, 4) is 11.4 Å². The normalized spacial score (nSPS) is 16.8. The number of hydrogen-bond donors (Lipinski definition) is 1. The van der Waals surface area contributed by atoms with Crippen molar-refractivity contribution in [3.05, 3.63) is 65.8 Å². The third kappa shape index (κ3) is 3.09. The van der Waals surface area contributed by atoms with Crippen LogP contribution in [-0.2, 0) is 6.61 Å². The number of pyridine rings is 1. The van der Waals surface area contributed by atoms with Gasteiger partial charge in [-0.2, -0.15) is 4.98 Å². The molecule has 0 aliphatic carbocycles. The molecule has 26 heavy (non-hydrogen) atoms. The summed E-state index contributed by atoms with van der Waals surface area (Å²) in [7, 11) is 0. The van der Waals surface area contributed by atoms with Gasteiger partial charge in [-0.15, -0.1) is 0 Å². The fraction of sp³-hybridized carbons (Fsp3) is 0.263. The van der Waals surface area contributed by atoms with Crippen molar-refractivity contribution in [2.24, 2.45) is 0 Å². The molecule has 0 saturated carbocycles. The number of nitrogens with zero attached hydrogens (tertiary/aromatic N) is 4. The Kier molecular flexibility index (Phi) is 4.45. The first kappa shape index (κ1) is 16.4. The molecule has 1 aromatic carbocycles. The quantitative estimate of drug-likeness (QED) is 0.777. The Morgan fingerprint density at radius 1 is 1.15 bits per heavy atom. The fourth-order valence-electron chi connectivity index (χ4n) is 3.18. The second-order valence-corrected chi connectivity index (χ2v) is 6.15. The van der Waals surface area contributed by atoms with E-state index in [1.165, 1.54) is 0 Å². The molecule has 2 aromatic heterocycles. The molecule has 1 atom stereocenters. The van der Waals surface area contributed by atoms with E-state index in [1.807, 2.05) is 30.3 Å². The van der Waals surface area contributed by atoms with Crippen molar-refractivity contribution in [2.75, 3.05) is 6.54 Å². The Bertz CT molecular complexity index is 910. The van der Waals surface area contributed by atoms with Gasteiger partial charge < -0.3 is 14.5 Å². The van der Waals surface area contributed by atoms with Gasteiger partial charge in [0.05, 0.1) is 12.3 Å². The van der Waals surface area contributed by atoms with Crippen LogP contribution in [0.15, 0.2) is 53.1 Å². The number of aliphatic hydroxyl groups excluding tert-OH is 1. The van der Waals surface area contributed by atoms with Gasteiger partial charge in [0.15, 0.2) is 0 Å². The summed E-state index contributed by atoms with van der Waals surface area (Å²) in [6.45, 7) is 0.409. The number of rotatable bonds is 4. The summed E-state index contributed by atoms with van der Waals surface area (Å²) in [4.78, 5) is 23.3. The van der Waals surface area contributed by atoms with Gasteiger partial charge in [-0.05, 0) is 25.0 Å². The zero-order chi connectivity index (χ0) is 17.9. The van der Waals surface area contributed by atoms with Crippen LogP contribution in [0.2, 0.25) is 0 Å². The summed E-state index contributed by atoms with van der Waals surface area (Å²) in [6.07, 6.45) is 1.63. The van der Waals surface area contributed by atoms with Crippen LogP contribution in [-0.4, -0.2) is 37.6 Å². The minimum atomic E-state index is -0.257. The summed E-state index contributed by atoms with van der Waals surface area (Å²) < 4.78 is 5.45. The van der Waals surface area contributed by atoms with E-state index in [0.717, 1.165) is 18.4 Å². The average molecular weight is 350 g/mol. The molecule has 7 heteroatoms. The maximum atomic E-state index is 12.9. The largest absolute Gasteiger partial charge is 0.390 e. The monoisotopic (exact) mass is 350 g/mol. The predicted octanol–water partition coefficient (Wildman–Crippen LogP) is 2.60. The lowest BCUT2D eigenvalue weighted by atomic mass is 10.2. The molecule has 0 radical (unpaired) electrons. The molecular formula is C19H18N4O3. The molecule has 7 nitrogen and oxygen atoms in total. The highest BCUT2D eigenvalue weighted by atomic mass is 16.5. The molecule has 1 aliphatic rings. The van der Waals surface area contributed by atoms with Crippen molar-refractivity contribution in [2.45, 2.75) is 25.5 Å². The number of likely N-dealkylation sites (tertiary alicyclic amines) is 1. The smallest absolute Gasteiger partial charge is 0.273 e. The van der Waals surface area contributed by atoms with Gasteiger partial charge in [0, 0.05) is 12.1 Å². The van der Waals surface area contributed by atoms with Crippen LogP contribution in [0, 0.1) is 0 Å². The molecule has 3 heterocycles. The minimum Gasteiger partial charge on any atom is -0.390 e. The van der Waals surface area contributed by atoms with Crippen LogP contribution in [0.5, 0.6) is 0 Å². The second-order valence-electron chi connectivity index (χ2n) is 6.15. The lowest BCUT2D eigenvalue weighted by Gasteiger charge is -2.21. The van der Waals surface area contributed by atoms with E-state index in [9.17, 15) is 9.90 Å². The molecular weight excluding hydrogens is 332 g/mol. The maximum Gasteiger partial charge on any atom is 0.273 e. The summed E-state index contributed by atoms with van der Waals surface area (Å²) in [5.41, 5.74) is 1.65. The lowest BCUT2D eigenvalue weighted by molar-refractivity contribution is 0.0703. The molecule has 0 unspecified atom stereocenters. The van der Waals surface area contributed by atoms with Crippen molar-refractivity contribution >= 4 is 5.91 Å². The van der Waals surface area contributed by atoms with Gasteiger partial charge in [0.25, 0.3) is 5.91 Å². The number of benzene rings is 1. The SMILES string of the molecule is O=C(c1cccc(CO)n1)N1CCC[C@H]1c1nc(-c2ccccc2)no1. The molecule has 1 aliphatic heterocycles. The number of carbonyl (C=O) groups excluding carboxylic acids is 1. The van der Waals surface area contributed by atoms with Gasteiger partial charge in [-0.1, -0.05) is 41.6 Å². The first-order valence-corrected chi connectivity index (χ1v) is 8.53. The van der Waals surface area contributed by atoms with Crippen LogP contribution in [0.1, 0.15) is 41.0 Å². The predicted molar refractivity (Wildman–Crippen MR) is 92.9 cm³/mol. The van der Waals surface area contributed by atoms with Gasteiger partial charge in [-0.25, -0.2) is 4.98 Å². The molecule has 1 fully saturated rings. The van der Waals surface area contributed by atoms with E-state index in [2.05, 4.69) is 15.1 Å². The van der Waals surface area contributed by atoms with Crippen LogP contribution in [0.4, 0.5) is 0 Å². The Morgan fingerprint density at radius 3 is 2.81 bits per heavy atom. The highest BCUT2D eigenvalue weighted by Crippen LogP contribution is 2.33. The van der Waals surface area contributed by atoms with Gasteiger partial charge >= 0.3 is 0 Å². The van der Waals surface area contributed by atoms with E-state index >= 15 is 0 Å². The average Bonchev–Trinajstić information content (AvgIpc) is 3.37. The Hall–Kier alpha value is -3.06. The molecule has 3 aromatic rings. The van der Waals surface area contributed by atoms with Crippen molar-refractivity contribution in [3.63, 3.8) is 0 Å². The molecule has 0 spiro atoms. The third-order valence-corrected chi connectivity index (χ3v) is 4.46. The summed E-state index contributed by atoms with van der Waals surface area (Å²) >= 11 is 0. The number of aliphatic hydroxyl groups is 1. The highest BCUT2D eigenvalue weighted by Gasteiger charge is 2.35. The van der Waals surface area contributed by atoms with Crippen LogP contribution >= 0.6 is 0 Å². The van der Waals surface area contributed by atoms with E-state index in [4.69, 9.17) is 4.52 Å². The first-order chi connectivity index (χ1) is 12.8. The van der Waals surface area contributed by atoms with Gasteiger partial charge in [-0.3, -0.25) is 4.79 Å². The van der Waals surface area contributed by atoms with E-state index in [-0.39, 0.29) is 18.6 Å². The highest BCUT2D eigenvalue weighted by molar-refractivity contribution is 5.92. The standard InChI is InChI=1S/C19H18N4O3/c24-12-14-8-4-9-15(20-14)19(25)23-11-5-10-16(23)18-21-17(22-26-18)13-6-2-1-3-7-13/h1-4,6-9,16,24H,5,10-12H2/t16-/m0/s1. The summed E-state index contributed by atoms with van der Waals surface area (Å²) in [5, 5.41) is 13.3. The van der Waals surface area contributed by atoms with Crippen molar-refractivity contribution < 1.29 is 14.4 Å². The second kappa shape index (κ2) is 7.05. The third-order valence-electron chi connectivity index (χ3n) is 4.46. The molecule has 1 N–H and O–H groups in total. The van der Waals surface area contributed by atoms with E-state index in [1.54, 1.807) is 23.1 Å². The number of carbonyl (C=O) groups is 1. The number of hydrogen-bond acceptors (Lipinski definition) is 6. The summed E-state index contributed by atoms with van der Waals surface area (Å²) in [6, 6.07) is 14.4. The first-order valence-electron chi connectivity index (χ1n) is 8.53. The maximum absolute atomic E-state index is 12.9. The lowest BCUT2D eigenvalue weighted by Crippen LogP contribution is -2.31. The molecule has 1 saturated heterocycles. The van der Waals surface area contributed by atoms with Gasteiger partial charge in [0.1, 0.15) is 11.7 Å². The van der Waals surface area contributed by atoms with Crippen LogP contribution in [0.3, 0.4) is 0 Å². The Balaban J connectivity index is 1.59. The molecule has 0 bridgehead atoms. The number of amides is 1. The fourth-order valence-corrected chi connectivity index (χ4v) is 3.18. The van der Waals surface area contributed by atoms with E-state index in [0.29, 0.717) is 29.6 Å². The number of aromatic nitrogens is 3. The Morgan fingerprint density at radius 2 is 2.00 bits per heavy atom. The molecule has 132 valence electrons. The zero-order valence-corrected chi connectivity index (χ0v) is 14.1. The minimum absolute atomic E-state index is 0.192. The van der Waals surface area contributed by atoms with Crippen LogP contribution < -0.4 is 0 Å². The zero-order valence-electron chi connectivity index (χ0n) is 14.1. The topological polar surface area (TPSA) is 92.3 Å². The van der Waals surface area contributed by atoms with Crippen LogP contribution in [0.25, 0.3) is 11.4 Å². The van der Waals surface area contributed by atoms with Crippen molar-refractivity contribution in [1.29, 1.82) is 0 Å².